The van der Waals surface area contributed by atoms with Gasteiger partial charge in [0.05, 0.1) is 12.6 Å². The molecule has 1 atom stereocenters. The fourth-order valence-corrected chi connectivity index (χ4v) is 3.45. The number of aromatic nitrogens is 2. The van der Waals surface area contributed by atoms with E-state index in [2.05, 4.69) is 15.0 Å². The minimum absolute atomic E-state index is 0.0469. The molecule has 2 aliphatic rings. The van der Waals surface area contributed by atoms with Crippen LogP contribution in [0.5, 0.6) is 0 Å². The van der Waals surface area contributed by atoms with E-state index in [1.165, 1.54) is 0 Å². The van der Waals surface area contributed by atoms with Crippen molar-refractivity contribution in [3.05, 3.63) is 47.1 Å². The van der Waals surface area contributed by atoms with Gasteiger partial charge in [-0.25, -0.2) is 8.78 Å². The van der Waals surface area contributed by atoms with E-state index < -0.39 is 17.7 Å². The Balaban J connectivity index is 1.33. The summed E-state index contributed by atoms with van der Waals surface area (Å²) >= 11 is 0. The van der Waals surface area contributed by atoms with Gasteiger partial charge in [-0.05, 0) is 62.9 Å². The van der Waals surface area contributed by atoms with Crippen LogP contribution >= 0.6 is 0 Å². The number of nitrogens with zero attached hydrogens (tertiary/aromatic N) is 3. The van der Waals surface area contributed by atoms with Crippen molar-refractivity contribution in [1.82, 2.24) is 15.0 Å². The lowest BCUT2D eigenvalue weighted by molar-refractivity contribution is 0.0533. The largest absolute Gasteiger partial charge is 0.388 e. The summed E-state index contributed by atoms with van der Waals surface area (Å²) in [6.07, 6.45) is 2.70. The first kappa shape index (κ1) is 16.6. The van der Waals surface area contributed by atoms with Gasteiger partial charge in [0.1, 0.15) is 11.6 Å². The van der Waals surface area contributed by atoms with Gasteiger partial charge >= 0.3 is 0 Å². The van der Waals surface area contributed by atoms with Gasteiger partial charge < -0.3 is 9.63 Å². The van der Waals surface area contributed by atoms with Crippen molar-refractivity contribution in [2.75, 3.05) is 13.1 Å². The smallest absolute Gasteiger partial charge is 0.229 e. The van der Waals surface area contributed by atoms with E-state index in [1.54, 1.807) is 0 Å². The highest BCUT2D eigenvalue weighted by Crippen LogP contribution is 2.39. The fraction of sp³-hybridized carbons (Fsp3) is 0.556. The molecule has 1 unspecified atom stereocenters. The lowest BCUT2D eigenvalue weighted by atomic mass is 9.87. The summed E-state index contributed by atoms with van der Waals surface area (Å²) in [6, 6.07) is 3.22. The van der Waals surface area contributed by atoms with Crippen LogP contribution < -0.4 is 0 Å². The van der Waals surface area contributed by atoms with Crippen LogP contribution in [0.25, 0.3) is 0 Å². The molecule has 134 valence electrons. The summed E-state index contributed by atoms with van der Waals surface area (Å²) in [5.74, 6) is 0.703. The van der Waals surface area contributed by atoms with E-state index in [0.29, 0.717) is 31.1 Å². The van der Waals surface area contributed by atoms with Gasteiger partial charge in [-0.3, -0.25) is 4.90 Å². The topological polar surface area (TPSA) is 62.4 Å². The average molecular weight is 349 g/mol. The maximum atomic E-state index is 13.8. The van der Waals surface area contributed by atoms with Crippen LogP contribution in [-0.4, -0.2) is 33.2 Å². The van der Waals surface area contributed by atoms with Crippen LogP contribution in [0.1, 0.15) is 55.0 Å². The third-order valence-electron chi connectivity index (χ3n) is 5.13. The number of hydrogen-bond acceptors (Lipinski definition) is 5. The van der Waals surface area contributed by atoms with Crippen molar-refractivity contribution in [3.63, 3.8) is 0 Å². The van der Waals surface area contributed by atoms with Gasteiger partial charge in [0, 0.05) is 11.5 Å². The molecular weight excluding hydrogens is 328 g/mol. The van der Waals surface area contributed by atoms with E-state index in [9.17, 15) is 13.9 Å². The number of hydrogen-bond donors (Lipinski definition) is 1. The van der Waals surface area contributed by atoms with Crippen LogP contribution in [0, 0.1) is 17.6 Å². The summed E-state index contributed by atoms with van der Waals surface area (Å²) in [4.78, 5) is 6.63. The molecule has 0 amide bonds. The Bertz CT molecular complexity index is 740. The Kier molecular flexibility index (Phi) is 4.52. The second kappa shape index (κ2) is 6.80. The first-order valence-electron chi connectivity index (χ1n) is 8.78. The molecule has 2 fully saturated rings. The molecule has 2 aromatic rings. The van der Waals surface area contributed by atoms with Crippen molar-refractivity contribution in [3.8, 4) is 0 Å². The predicted octanol–water partition coefficient (Wildman–Crippen LogP) is 3.17. The van der Waals surface area contributed by atoms with Gasteiger partial charge in [0.25, 0.3) is 0 Å². The number of aliphatic hydroxyl groups is 1. The van der Waals surface area contributed by atoms with Crippen LogP contribution in [0.15, 0.2) is 22.7 Å². The third-order valence-corrected chi connectivity index (χ3v) is 5.13. The number of likely N-dealkylation sites (tertiary alicyclic amines) is 1. The Hall–Kier alpha value is -1.86. The Labute approximate surface area is 144 Å². The second-order valence-corrected chi connectivity index (χ2v) is 7.05. The van der Waals surface area contributed by atoms with Crippen LogP contribution in [-0.2, 0) is 6.54 Å². The maximum absolute atomic E-state index is 13.8. The summed E-state index contributed by atoms with van der Waals surface area (Å²) in [5, 5.41) is 14.5. The number of halogens is 2. The molecule has 0 bridgehead atoms. The first-order valence-corrected chi connectivity index (χ1v) is 8.78. The van der Waals surface area contributed by atoms with E-state index in [1.807, 2.05) is 0 Å². The highest BCUT2D eigenvalue weighted by molar-refractivity contribution is 5.21. The van der Waals surface area contributed by atoms with Crippen molar-refractivity contribution in [2.45, 2.75) is 44.2 Å². The molecular formula is C18H21F2N3O2. The van der Waals surface area contributed by atoms with Gasteiger partial charge in [-0.2, -0.15) is 4.98 Å². The number of benzene rings is 1. The first-order chi connectivity index (χ1) is 12.1. The summed E-state index contributed by atoms with van der Waals surface area (Å²) in [7, 11) is 0. The molecule has 5 nitrogen and oxygen atoms in total. The normalized spacial score (nSPS) is 20.8. The number of piperidine rings is 1. The van der Waals surface area contributed by atoms with E-state index >= 15 is 0 Å². The van der Waals surface area contributed by atoms with Gasteiger partial charge in [-0.1, -0.05) is 5.16 Å². The predicted molar refractivity (Wildman–Crippen MR) is 85.6 cm³/mol. The van der Waals surface area contributed by atoms with Gasteiger partial charge in [0.15, 0.2) is 5.82 Å². The molecule has 1 saturated carbocycles. The van der Waals surface area contributed by atoms with Crippen LogP contribution in [0.4, 0.5) is 8.78 Å². The molecule has 25 heavy (non-hydrogen) atoms. The molecule has 1 saturated heterocycles. The Morgan fingerprint density at radius 3 is 2.68 bits per heavy atom. The second-order valence-electron chi connectivity index (χ2n) is 7.05. The van der Waals surface area contributed by atoms with E-state index in [-0.39, 0.29) is 11.5 Å². The fourth-order valence-electron chi connectivity index (χ4n) is 3.45. The third kappa shape index (κ3) is 3.72. The van der Waals surface area contributed by atoms with Crippen LogP contribution in [0.2, 0.25) is 0 Å². The van der Waals surface area contributed by atoms with Crippen molar-refractivity contribution in [2.24, 2.45) is 5.92 Å². The highest BCUT2D eigenvalue weighted by atomic mass is 19.1. The standard InChI is InChI=1S/C18H21F2N3O2/c19-13-3-4-15(20)14(9-13)17(24)11-5-7-23(8-6-11)10-16-21-18(25-22-16)12-1-2-12/h3-4,9,11-12,17,24H,1-2,5-8,10H2. The minimum Gasteiger partial charge on any atom is -0.388 e. The molecule has 1 aliphatic heterocycles. The summed E-state index contributed by atoms with van der Waals surface area (Å²) in [6.45, 7) is 2.13. The maximum Gasteiger partial charge on any atom is 0.229 e. The lowest BCUT2D eigenvalue weighted by Gasteiger charge is -2.33. The molecule has 7 heteroatoms. The van der Waals surface area contributed by atoms with Crippen molar-refractivity contribution < 1.29 is 18.4 Å². The zero-order valence-corrected chi connectivity index (χ0v) is 13.9. The monoisotopic (exact) mass is 349 g/mol. The van der Waals surface area contributed by atoms with E-state index in [4.69, 9.17) is 4.52 Å². The average Bonchev–Trinajstić information content (AvgIpc) is 3.37. The zero-order valence-electron chi connectivity index (χ0n) is 13.9. The minimum atomic E-state index is -0.982. The number of aliphatic hydroxyl groups excluding tert-OH is 1. The molecule has 0 radical (unpaired) electrons. The SMILES string of the molecule is OC(c1cc(F)ccc1F)C1CCN(Cc2noc(C3CC3)n2)CC1. The molecule has 0 spiro atoms. The summed E-state index contributed by atoms with van der Waals surface area (Å²) in [5.41, 5.74) is 0.0469. The zero-order chi connectivity index (χ0) is 17.4. The molecule has 1 aromatic carbocycles. The molecule has 4 rings (SSSR count). The quantitative estimate of drug-likeness (QED) is 0.898. The van der Waals surface area contributed by atoms with Gasteiger partial charge in [-0.15, -0.1) is 0 Å². The summed E-state index contributed by atoms with van der Waals surface area (Å²) < 4.78 is 32.4. The van der Waals surface area contributed by atoms with Crippen molar-refractivity contribution >= 4 is 0 Å². The number of rotatable bonds is 5. The van der Waals surface area contributed by atoms with Crippen LogP contribution in [0.3, 0.4) is 0 Å². The molecule has 2 heterocycles. The highest BCUT2D eigenvalue weighted by Gasteiger charge is 2.31. The molecule has 1 aliphatic carbocycles. The lowest BCUT2D eigenvalue weighted by Crippen LogP contribution is -2.35. The molecule has 1 aromatic heterocycles. The van der Waals surface area contributed by atoms with E-state index in [0.717, 1.165) is 50.0 Å². The molecule has 1 N–H and O–H groups in total. The Morgan fingerprint density at radius 1 is 1.20 bits per heavy atom. The van der Waals surface area contributed by atoms with Gasteiger partial charge in [0.2, 0.25) is 5.89 Å². The van der Waals surface area contributed by atoms with Crippen molar-refractivity contribution in [1.29, 1.82) is 0 Å². The Morgan fingerprint density at radius 2 is 1.96 bits per heavy atom.